The summed E-state index contributed by atoms with van der Waals surface area (Å²) in [4.78, 5) is 82.3. The Hall–Kier alpha value is -8.80. The zero-order valence-electron chi connectivity index (χ0n) is 41.3. The number of imidazole rings is 4. The highest BCUT2D eigenvalue weighted by atomic mass is 16.6. The average Bonchev–Trinajstić information content (AvgIpc) is 4.29. The number of nitrogens with one attached hydrogen (secondary N) is 3. The third-order valence-corrected chi connectivity index (χ3v) is 13.9. The normalized spacial score (nSPS) is 16.7. The number of nitrogens with zero attached hydrogens (tertiary/aromatic N) is 8. The van der Waals surface area contributed by atoms with Crippen LogP contribution in [-0.4, -0.2) is 105 Å². The Morgan fingerprint density at radius 3 is 1.69 bits per heavy atom. The van der Waals surface area contributed by atoms with Gasteiger partial charge in [0.2, 0.25) is 5.91 Å². The molecule has 0 bridgehead atoms. The Balaban J connectivity index is 0.772. The molecule has 18 heteroatoms. The zero-order chi connectivity index (χ0) is 51.2. The fourth-order valence-electron chi connectivity index (χ4n) is 10.2. The number of H-pyrrole nitrogens is 2. The van der Waals surface area contributed by atoms with E-state index in [1.165, 1.54) is 7.11 Å². The number of carbonyl (C=O) groups excluding carboxylic acids is 4. The number of nitrogens with two attached hydrogens (primary N) is 1. The summed E-state index contributed by atoms with van der Waals surface area (Å²) in [6.07, 6.45) is 12.3. The van der Waals surface area contributed by atoms with Crippen LogP contribution >= 0.6 is 0 Å². The van der Waals surface area contributed by atoms with Crippen molar-refractivity contribution in [3.63, 3.8) is 0 Å². The van der Waals surface area contributed by atoms with Crippen molar-refractivity contribution < 1.29 is 28.7 Å². The van der Waals surface area contributed by atoms with Gasteiger partial charge in [-0.15, -0.1) is 0 Å². The molecular weight excluding hydrogens is 937 g/mol. The fourth-order valence-corrected chi connectivity index (χ4v) is 10.2. The maximum atomic E-state index is 14.4. The smallest absolute Gasteiger partial charge is 0.407 e. The summed E-state index contributed by atoms with van der Waals surface area (Å²) >= 11 is 0. The summed E-state index contributed by atoms with van der Waals surface area (Å²) in [6.45, 7) is 3.83. The number of amides is 4. The topological polar surface area (TPSA) is 224 Å². The molecular formula is C56H58N12O6. The molecule has 0 aliphatic carbocycles. The highest BCUT2D eigenvalue weighted by Gasteiger charge is 2.45. The first-order valence-corrected chi connectivity index (χ1v) is 24.8. The minimum Gasteiger partial charge on any atom is -0.453 e. The summed E-state index contributed by atoms with van der Waals surface area (Å²) in [5.74, 6) is 0.739. The van der Waals surface area contributed by atoms with Crippen molar-refractivity contribution in [3.05, 3.63) is 181 Å². The van der Waals surface area contributed by atoms with Gasteiger partial charge in [0.05, 0.1) is 67.0 Å². The molecule has 2 aliphatic heterocycles. The highest BCUT2D eigenvalue weighted by molar-refractivity contribution is 5.88. The molecule has 8 aromatic rings. The first kappa shape index (κ1) is 48.8. The van der Waals surface area contributed by atoms with Crippen molar-refractivity contribution in [1.82, 2.24) is 54.2 Å². The van der Waals surface area contributed by atoms with Crippen molar-refractivity contribution in [2.45, 2.75) is 82.3 Å². The van der Waals surface area contributed by atoms with Crippen LogP contribution in [0, 0.1) is 0 Å². The minimum absolute atomic E-state index is 0.0533. The second kappa shape index (κ2) is 21.5. The molecule has 0 radical (unpaired) electrons. The van der Waals surface area contributed by atoms with E-state index >= 15 is 0 Å². The molecule has 10 rings (SSSR count). The van der Waals surface area contributed by atoms with E-state index < -0.39 is 23.8 Å². The molecule has 4 aromatic carbocycles. The number of carbonyl (C=O) groups is 4. The number of ether oxygens (including phenoxy) is 2. The van der Waals surface area contributed by atoms with Crippen molar-refractivity contribution in [3.8, 4) is 33.6 Å². The summed E-state index contributed by atoms with van der Waals surface area (Å²) < 4.78 is 14.4. The summed E-state index contributed by atoms with van der Waals surface area (Å²) in [7, 11) is 1.28. The van der Waals surface area contributed by atoms with Crippen molar-refractivity contribution in [1.29, 1.82) is 0 Å². The molecule has 74 heavy (non-hydrogen) atoms. The Bertz CT molecular complexity index is 3220. The van der Waals surface area contributed by atoms with Crippen LogP contribution < -0.4 is 11.1 Å². The molecule has 378 valence electrons. The van der Waals surface area contributed by atoms with E-state index in [2.05, 4.69) is 49.5 Å². The molecule has 5 N–H and O–H groups in total. The lowest BCUT2D eigenvalue weighted by Crippen LogP contribution is -2.52. The van der Waals surface area contributed by atoms with Crippen LogP contribution in [0.4, 0.5) is 9.59 Å². The lowest BCUT2D eigenvalue weighted by Gasteiger charge is -2.33. The second-order valence-corrected chi connectivity index (χ2v) is 19.1. The van der Waals surface area contributed by atoms with E-state index in [0.717, 1.165) is 64.0 Å². The lowest BCUT2D eigenvalue weighted by atomic mass is 9.97. The van der Waals surface area contributed by atoms with Gasteiger partial charge in [-0.3, -0.25) is 9.59 Å². The van der Waals surface area contributed by atoms with Crippen LogP contribution in [-0.2, 0) is 45.0 Å². The van der Waals surface area contributed by atoms with Crippen LogP contribution in [0.1, 0.15) is 78.9 Å². The molecule has 4 amide bonds. The summed E-state index contributed by atoms with van der Waals surface area (Å²) in [6, 6.07) is 34.9. The van der Waals surface area contributed by atoms with Crippen LogP contribution in [0.2, 0.25) is 0 Å². The van der Waals surface area contributed by atoms with Crippen LogP contribution in [0.15, 0.2) is 147 Å². The minimum atomic E-state index is -1.58. The number of methoxy groups -OCH3 is 1. The van der Waals surface area contributed by atoms with Crippen LogP contribution in [0.5, 0.6) is 0 Å². The molecule has 18 nitrogen and oxygen atoms in total. The van der Waals surface area contributed by atoms with E-state index in [1.54, 1.807) is 41.8 Å². The number of likely N-dealkylation sites (tertiary alicyclic amines) is 2. The zero-order valence-corrected chi connectivity index (χ0v) is 41.3. The summed E-state index contributed by atoms with van der Waals surface area (Å²) in [5.41, 5.74) is 13.0. The van der Waals surface area contributed by atoms with E-state index in [1.807, 2.05) is 106 Å². The van der Waals surface area contributed by atoms with Gasteiger partial charge in [0, 0.05) is 51.4 Å². The van der Waals surface area contributed by atoms with Gasteiger partial charge in [0.25, 0.3) is 5.91 Å². The number of hydrogen-bond donors (Lipinski definition) is 4. The number of aromatic amines is 2. The summed E-state index contributed by atoms with van der Waals surface area (Å²) in [5, 5.41) is 2.75. The van der Waals surface area contributed by atoms with Gasteiger partial charge in [0.1, 0.15) is 17.7 Å². The van der Waals surface area contributed by atoms with E-state index in [4.69, 9.17) is 25.2 Å². The molecule has 0 spiro atoms. The Labute approximate surface area is 428 Å². The third kappa shape index (κ3) is 11.0. The van der Waals surface area contributed by atoms with Gasteiger partial charge in [0.15, 0.2) is 5.60 Å². The standard InChI is InChI=1S/C56H58N12O6/c1-56(74-54(57)71,28-44-34-66(36-61-44)32-38-13-7-4-8-14-38)53(70)68-26-10-16-49(68)51-59-30-47(63-51)42-23-19-40(20-24-42)39-17-21-41(22-18-39)46-29-58-50(62-46)48-15-9-25-67(48)52(69)45(64-55(72)73-2)27-43-33-65(35-60-43)31-37-11-5-3-6-12-37/h3-8,11-14,17-24,29-30,33-36,45,48-49H,9-10,15-16,25-28,31-32H2,1-2H3,(H2,57,71)(H,58,62)(H,59,63)(H,64,72)/t45-,48-,49-,56-/m0/s1. The van der Waals surface area contributed by atoms with Crippen molar-refractivity contribution >= 4 is 24.0 Å². The number of hydrogen-bond acceptors (Lipinski definition) is 10. The quantitative estimate of drug-likeness (QED) is 0.0688. The molecule has 2 aliphatic rings. The first-order chi connectivity index (χ1) is 36.0. The van der Waals surface area contributed by atoms with Gasteiger partial charge in [-0.25, -0.2) is 29.5 Å². The number of aromatic nitrogens is 8. The first-order valence-electron chi connectivity index (χ1n) is 24.8. The SMILES string of the molecule is COC(=O)N[C@@H](Cc1cn(Cc2ccccc2)cn1)C(=O)N1CCC[C@H]1c1ncc(-c2ccc(-c3ccc(-c4cnc([C@@H]5CCCN5C(=O)[C@](C)(Cc5cn(Cc6ccccc6)cn5)OC(N)=O)[nH]4)cc3)cc2)[nH]1. The monoisotopic (exact) mass is 994 g/mol. The fraction of sp³-hybridized carbons (Fsp3) is 0.286. The van der Waals surface area contributed by atoms with Crippen LogP contribution in [0.25, 0.3) is 33.6 Å². The number of primary amides is 1. The third-order valence-electron chi connectivity index (χ3n) is 13.9. The maximum absolute atomic E-state index is 14.4. The predicted molar refractivity (Wildman–Crippen MR) is 276 cm³/mol. The van der Waals surface area contributed by atoms with E-state index in [9.17, 15) is 19.2 Å². The molecule has 4 aromatic heterocycles. The Morgan fingerprint density at radius 1 is 0.676 bits per heavy atom. The average molecular weight is 995 g/mol. The number of rotatable bonds is 17. The van der Waals surface area contributed by atoms with Crippen molar-refractivity contribution in [2.75, 3.05) is 20.2 Å². The van der Waals surface area contributed by atoms with E-state index in [0.29, 0.717) is 55.6 Å². The lowest BCUT2D eigenvalue weighted by molar-refractivity contribution is -0.150. The van der Waals surface area contributed by atoms with Gasteiger partial charge < -0.3 is 49.4 Å². The van der Waals surface area contributed by atoms with E-state index in [-0.39, 0.29) is 36.7 Å². The van der Waals surface area contributed by atoms with Gasteiger partial charge in [-0.05, 0) is 66.0 Å². The van der Waals surface area contributed by atoms with Gasteiger partial charge in [-0.1, -0.05) is 109 Å². The molecule has 4 atom stereocenters. The molecule has 0 saturated carbocycles. The van der Waals surface area contributed by atoms with Crippen LogP contribution in [0.3, 0.4) is 0 Å². The van der Waals surface area contributed by atoms with Gasteiger partial charge >= 0.3 is 12.2 Å². The number of alkyl carbamates (subject to hydrolysis) is 1. The second-order valence-electron chi connectivity index (χ2n) is 19.1. The largest absolute Gasteiger partial charge is 0.453 e. The Kier molecular flexibility index (Phi) is 14.2. The highest BCUT2D eigenvalue weighted by Crippen LogP contribution is 2.36. The number of benzene rings is 4. The Morgan fingerprint density at radius 2 is 1.16 bits per heavy atom. The molecule has 0 unspecified atom stereocenters. The molecule has 6 heterocycles. The maximum Gasteiger partial charge on any atom is 0.407 e. The molecule has 2 fully saturated rings. The van der Waals surface area contributed by atoms with Crippen molar-refractivity contribution in [2.24, 2.45) is 5.73 Å². The van der Waals surface area contributed by atoms with Gasteiger partial charge in [-0.2, -0.15) is 0 Å². The predicted octanol–water partition coefficient (Wildman–Crippen LogP) is 8.01. The molecule has 2 saturated heterocycles.